The Bertz CT molecular complexity index is 742. The summed E-state index contributed by atoms with van der Waals surface area (Å²) < 4.78 is 61.6. The second-order valence-electron chi connectivity index (χ2n) is 4.51. The summed E-state index contributed by atoms with van der Waals surface area (Å²) in [4.78, 5) is 3.88. The molecule has 22 heavy (non-hydrogen) atoms. The standard InChI is InChI=1S/C13H12F3N3O2S/c1-22(20,21)19-12-7-6-11(8-17-12)18-10-4-2-9(3-5-10)13(14,15)16/h2-8,18H,1H3,(H,17,19). The van der Waals surface area contributed by atoms with Crippen LogP contribution < -0.4 is 10.0 Å². The minimum absolute atomic E-state index is 0.153. The number of pyridine rings is 1. The van der Waals surface area contributed by atoms with Crippen molar-refractivity contribution in [2.24, 2.45) is 0 Å². The van der Waals surface area contributed by atoms with Gasteiger partial charge in [-0.05, 0) is 36.4 Å². The van der Waals surface area contributed by atoms with Crippen LogP contribution in [-0.4, -0.2) is 19.7 Å². The van der Waals surface area contributed by atoms with Crippen molar-refractivity contribution in [3.8, 4) is 0 Å². The molecule has 0 unspecified atom stereocenters. The molecule has 0 saturated carbocycles. The number of nitrogens with zero attached hydrogens (tertiary/aromatic N) is 1. The molecule has 2 rings (SSSR count). The van der Waals surface area contributed by atoms with Crippen molar-refractivity contribution in [2.45, 2.75) is 6.18 Å². The first-order valence-corrected chi connectivity index (χ1v) is 7.91. The number of benzene rings is 1. The highest BCUT2D eigenvalue weighted by atomic mass is 32.2. The van der Waals surface area contributed by atoms with E-state index in [9.17, 15) is 21.6 Å². The predicted octanol–water partition coefficient (Wildman–Crippen LogP) is 3.22. The van der Waals surface area contributed by atoms with Crippen LogP contribution in [0.25, 0.3) is 0 Å². The van der Waals surface area contributed by atoms with E-state index in [0.717, 1.165) is 18.4 Å². The monoisotopic (exact) mass is 331 g/mol. The van der Waals surface area contributed by atoms with E-state index in [4.69, 9.17) is 0 Å². The normalized spacial score (nSPS) is 12.0. The number of nitrogens with one attached hydrogen (secondary N) is 2. The third-order valence-electron chi connectivity index (χ3n) is 2.55. The summed E-state index contributed by atoms with van der Waals surface area (Å²) >= 11 is 0. The number of rotatable bonds is 4. The van der Waals surface area contributed by atoms with Crippen molar-refractivity contribution in [3.05, 3.63) is 48.2 Å². The summed E-state index contributed by atoms with van der Waals surface area (Å²) in [6.45, 7) is 0. The molecule has 5 nitrogen and oxygen atoms in total. The quantitative estimate of drug-likeness (QED) is 0.902. The van der Waals surface area contributed by atoms with E-state index in [0.29, 0.717) is 11.4 Å². The molecule has 0 saturated heterocycles. The molecular weight excluding hydrogens is 319 g/mol. The molecule has 118 valence electrons. The Morgan fingerprint density at radius 3 is 2.05 bits per heavy atom. The highest BCUT2D eigenvalue weighted by Crippen LogP contribution is 2.30. The third-order valence-corrected chi connectivity index (χ3v) is 3.13. The Balaban J connectivity index is 2.08. The molecule has 0 amide bonds. The van der Waals surface area contributed by atoms with Gasteiger partial charge in [-0.1, -0.05) is 0 Å². The van der Waals surface area contributed by atoms with E-state index in [2.05, 4.69) is 15.0 Å². The van der Waals surface area contributed by atoms with Gasteiger partial charge in [-0.3, -0.25) is 4.72 Å². The molecule has 2 aromatic rings. The Morgan fingerprint density at radius 2 is 1.59 bits per heavy atom. The van der Waals surface area contributed by atoms with E-state index < -0.39 is 21.8 Å². The van der Waals surface area contributed by atoms with Gasteiger partial charge < -0.3 is 5.32 Å². The Hall–Kier alpha value is -2.29. The number of hydrogen-bond donors (Lipinski definition) is 2. The van der Waals surface area contributed by atoms with Crippen LogP contribution in [0.15, 0.2) is 42.6 Å². The van der Waals surface area contributed by atoms with Gasteiger partial charge in [0.05, 0.1) is 23.7 Å². The Labute approximate surface area is 125 Å². The Kier molecular flexibility index (Phi) is 4.27. The fraction of sp³-hybridized carbons (Fsp3) is 0.154. The molecule has 9 heteroatoms. The summed E-state index contributed by atoms with van der Waals surface area (Å²) in [6.07, 6.45) is -2.01. The fourth-order valence-electron chi connectivity index (χ4n) is 1.63. The highest BCUT2D eigenvalue weighted by Gasteiger charge is 2.29. The maximum Gasteiger partial charge on any atom is 0.416 e. The minimum atomic E-state index is -4.38. The largest absolute Gasteiger partial charge is 0.416 e. The smallest absolute Gasteiger partial charge is 0.354 e. The second kappa shape index (κ2) is 5.84. The van der Waals surface area contributed by atoms with Gasteiger partial charge in [0.2, 0.25) is 10.0 Å². The van der Waals surface area contributed by atoms with Gasteiger partial charge in [0.15, 0.2) is 0 Å². The lowest BCUT2D eigenvalue weighted by Gasteiger charge is -2.10. The molecule has 0 aliphatic carbocycles. The fourth-order valence-corrected chi connectivity index (χ4v) is 2.13. The molecule has 1 heterocycles. The molecule has 0 fully saturated rings. The molecule has 2 N–H and O–H groups in total. The van der Waals surface area contributed by atoms with Crippen LogP contribution in [0.2, 0.25) is 0 Å². The molecule has 0 aliphatic heterocycles. The molecule has 0 aliphatic rings. The lowest BCUT2D eigenvalue weighted by molar-refractivity contribution is -0.137. The Morgan fingerprint density at radius 1 is 1.00 bits per heavy atom. The van der Waals surface area contributed by atoms with Crippen molar-refractivity contribution in [1.29, 1.82) is 0 Å². The maximum atomic E-state index is 12.4. The van der Waals surface area contributed by atoms with Gasteiger partial charge in [-0.25, -0.2) is 13.4 Å². The van der Waals surface area contributed by atoms with Crippen LogP contribution in [0.5, 0.6) is 0 Å². The number of sulfonamides is 1. The molecule has 0 bridgehead atoms. The zero-order chi connectivity index (χ0) is 16.4. The first-order valence-electron chi connectivity index (χ1n) is 6.02. The van der Waals surface area contributed by atoms with Crippen LogP contribution in [-0.2, 0) is 16.2 Å². The van der Waals surface area contributed by atoms with Gasteiger partial charge in [-0.2, -0.15) is 13.2 Å². The minimum Gasteiger partial charge on any atom is -0.354 e. The van der Waals surface area contributed by atoms with Crippen LogP contribution in [0.3, 0.4) is 0 Å². The summed E-state index contributed by atoms with van der Waals surface area (Å²) in [6, 6.07) is 7.52. The van der Waals surface area contributed by atoms with E-state index >= 15 is 0 Å². The SMILES string of the molecule is CS(=O)(=O)Nc1ccc(Nc2ccc(C(F)(F)F)cc2)cn1. The lowest BCUT2D eigenvalue weighted by atomic mass is 10.2. The summed E-state index contributed by atoms with van der Waals surface area (Å²) in [5.74, 6) is 0.153. The van der Waals surface area contributed by atoms with Gasteiger partial charge in [0.25, 0.3) is 0 Å². The average Bonchev–Trinajstić information content (AvgIpc) is 2.39. The zero-order valence-corrected chi connectivity index (χ0v) is 12.2. The highest BCUT2D eigenvalue weighted by molar-refractivity contribution is 7.92. The first kappa shape index (κ1) is 16.1. The third kappa shape index (κ3) is 4.62. The predicted molar refractivity (Wildman–Crippen MR) is 77.4 cm³/mol. The van der Waals surface area contributed by atoms with Gasteiger partial charge >= 0.3 is 6.18 Å². The van der Waals surface area contributed by atoms with E-state index in [1.54, 1.807) is 6.07 Å². The lowest BCUT2D eigenvalue weighted by Crippen LogP contribution is -2.10. The van der Waals surface area contributed by atoms with Crippen molar-refractivity contribution in [3.63, 3.8) is 0 Å². The number of halogens is 3. The van der Waals surface area contributed by atoms with Crippen molar-refractivity contribution in [2.75, 3.05) is 16.3 Å². The summed E-state index contributed by atoms with van der Waals surface area (Å²) in [7, 11) is -3.41. The van der Waals surface area contributed by atoms with E-state index in [1.165, 1.54) is 24.4 Å². The number of hydrogen-bond acceptors (Lipinski definition) is 4. The molecule has 0 atom stereocenters. The zero-order valence-electron chi connectivity index (χ0n) is 11.3. The molecule has 1 aromatic heterocycles. The van der Waals surface area contributed by atoms with Crippen LogP contribution in [0, 0.1) is 0 Å². The van der Waals surface area contributed by atoms with E-state index in [-0.39, 0.29) is 5.82 Å². The van der Waals surface area contributed by atoms with E-state index in [1.807, 2.05) is 0 Å². The molecule has 1 aromatic carbocycles. The van der Waals surface area contributed by atoms with Crippen molar-refractivity contribution in [1.82, 2.24) is 4.98 Å². The molecular formula is C13H12F3N3O2S. The van der Waals surface area contributed by atoms with Crippen molar-refractivity contribution < 1.29 is 21.6 Å². The van der Waals surface area contributed by atoms with Crippen LogP contribution in [0.1, 0.15) is 5.56 Å². The van der Waals surface area contributed by atoms with Gasteiger partial charge in [0, 0.05) is 5.69 Å². The summed E-state index contributed by atoms with van der Waals surface area (Å²) in [5, 5.41) is 2.87. The van der Waals surface area contributed by atoms with Gasteiger partial charge in [-0.15, -0.1) is 0 Å². The average molecular weight is 331 g/mol. The van der Waals surface area contributed by atoms with Gasteiger partial charge in [0.1, 0.15) is 5.82 Å². The van der Waals surface area contributed by atoms with Crippen molar-refractivity contribution >= 4 is 27.2 Å². The first-order chi connectivity index (χ1) is 10.1. The number of aromatic nitrogens is 1. The van der Waals surface area contributed by atoms with Crippen LogP contribution in [0.4, 0.5) is 30.4 Å². The maximum absolute atomic E-state index is 12.4. The topological polar surface area (TPSA) is 71.1 Å². The molecule has 0 radical (unpaired) electrons. The number of alkyl halides is 3. The second-order valence-corrected chi connectivity index (χ2v) is 6.25. The molecule has 0 spiro atoms. The van der Waals surface area contributed by atoms with Crippen LogP contribution >= 0.6 is 0 Å². The number of anilines is 3. The summed E-state index contributed by atoms with van der Waals surface area (Å²) in [5.41, 5.74) is 0.237.